The Morgan fingerprint density at radius 1 is 1.32 bits per heavy atom. The zero-order valence-corrected chi connectivity index (χ0v) is 11.4. The van der Waals surface area contributed by atoms with Gasteiger partial charge in [-0.3, -0.25) is 0 Å². The first-order valence-corrected chi connectivity index (χ1v) is 6.50. The van der Waals surface area contributed by atoms with Crippen molar-refractivity contribution in [3.8, 4) is 5.69 Å². The minimum Gasteiger partial charge on any atom is -0.389 e. The van der Waals surface area contributed by atoms with E-state index >= 15 is 0 Å². The third kappa shape index (κ3) is 2.51. The molecule has 0 aliphatic rings. The number of aromatic nitrogens is 3. The van der Waals surface area contributed by atoms with Gasteiger partial charge in [-0.2, -0.15) is 5.10 Å². The Labute approximate surface area is 111 Å². The van der Waals surface area contributed by atoms with Crippen molar-refractivity contribution in [2.24, 2.45) is 0 Å². The fourth-order valence-electron chi connectivity index (χ4n) is 2.04. The molecule has 1 atom stereocenters. The normalized spacial score (nSPS) is 12.7. The summed E-state index contributed by atoms with van der Waals surface area (Å²) in [7, 11) is 0. The molecule has 2 aromatic rings. The highest BCUT2D eigenvalue weighted by molar-refractivity contribution is 5.43. The molecule has 0 unspecified atom stereocenters. The van der Waals surface area contributed by atoms with Gasteiger partial charge in [0.1, 0.15) is 17.3 Å². The SMILES string of the molecule is CCc1nc(CC)n(-c2c(F)cccc2[C@@H](C)O)n1. The van der Waals surface area contributed by atoms with Crippen LogP contribution >= 0.6 is 0 Å². The molecule has 1 aromatic carbocycles. The molecule has 0 radical (unpaired) electrons. The highest BCUT2D eigenvalue weighted by Crippen LogP contribution is 2.25. The predicted molar refractivity (Wildman–Crippen MR) is 70.7 cm³/mol. The van der Waals surface area contributed by atoms with Gasteiger partial charge in [0.25, 0.3) is 0 Å². The molecule has 102 valence electrons. The summed E-state index contributed by atoms with van der Waals surface area (Å²) in [6.07, 6.45) is 0.587. The van der Waals surface area contributed by atoms with E-state index in [-0.39, 0.29) is 0 Å². The number of hydrogen-bond acceptors (Lipinski definition) is 3. The van der Waals surface area contributed by atoms with E-state index in [1.54, 1.807) is 19.1 Å². The average molecular weight is 263 g/mol. The Kier molecular flexibility index (Phi) is 3.95. The molecule has 0 amide bonds. The van der Waals surface area contributed by atoms with Gasteiger partial charge in [-0.15, -0.1) is 0 Å². The molecule has 0 saturated heterocycles. The zero-order valence-electron chi connectivity index (χ0n) is 11.4. The molecule has 0 saturated carbocycles. The van der Waals surface area contributed by atoms with Crippen molar-refractivity contribution in [1.29, 1.82) is 0 Å². The lowest BCUT2D eigenvalue weighted by Crippen LogP contribution is -2.10. The first-order valence-electron chi connectivity index (χ1n) is 6.50. The molecular weight excluding hydrogens is 245 g/mol. The number of hydrogen-bond donors (Lipinski definition) is 1. The number of benzene rings is 1. The minimum absolute atomic E-state index is 0.293. The van der Waals surface area contributed by atoms with Gasteiger partial charge in [0.05, 0.1) is 6.10 Å². The molecule has 1 heterocycles. The lowest BCUT2D eigenvalue weighted by molar-refractivity contribution is 0.198. The number of para-hydroxylation sites is 1. The van der Waals surface area contributed by atoms with E-state index < -0.39 is 11.9 Å². The van der Waals surface area contributed by atoms with Crippen molar-refractivity contribution >= 4 is 0 Å². The fourth-order valence-corrected chi connectivity index (χ4v) is 2.04. The lowest BCUT2D eigenvalue weighted by Gasteiger charge is -2.14. The summed E-state index contributed by atoms with van der Waals surface area (Å²) in [6.45, 7) is 5.51. The molecule has 2 rings (SSSR count). The molecule has 1 N–H and O–H groups in total. The van der Waals surface area contributed by atoms with Gasteiger partial charge in [0.15, 0.2) is 5.82 Å². The van der Waals surface area contributed by atoms with Crippen molar-refractivity contribution in [2.45, 2.75) is 39.7 Å². The molecule has 0 bridgehead atoms. The number of aliphatic hydroxyl groups is 1. The molecule has 19 heavy (non-hydrogen) atoms. The van der Waals surface area contributed by atoms with E-state index in [1.165, 1.54) is 10.7 Å². The maximum absolute atomic E-state index is 14.1. The summed E-state index contributed by atoms with van der Waals surface area (Å²) in [6, 6.07) is 4.66. The van der Waals surface area contributed by atoms with Gasteiger partial charge in [0, 0.05) is 18.4 Å². The van der Waals surface area contributed by atoms with E-state index in [2.05, 4.69) is 10.1 Å². The first kappa shape index (κ1) is 13.7. The van der Waals surface area contributed by atoms with Crippen LogP contribution in [0, 0.1) is 5.82 Å². The molecule has 0 aliphatic carbocycles. The summed E-state index contributed by atoms with van der Waals surface area (Å²) >= 11 is 0. The Hall–Kier alpha value is -1.75. The van der Waals surface area contributed by atoms with E-state index in [9.17, 15) is 9.50 Å². The molecule has 5 heteroatoms. The van der Waals surface area contributed by atoms with Crippen molar-refractivity contribution in [3.63, 3.8) is 0 Å². The second kappa shape index (κ2) is 5.48. The number of halogens is 1. The quantitative estimate of drug-likeness (QED) is 0.922. The average Bonchev–Trinajstić information content (AvgIpc) is 2.81. The van der Waals surface area contributed by atoms with Crippen LogP contribution in [-0.2, 0) is 12.8 Å². The van der Waals surface area contributed by atoms with Crippen molar-refractivity contribution in [3.05, 3.63) is 41.2 Å². The molecule has 4 nitrogen and oxygen atoms in total. The van der Waals surface area contributed by atoms with Crippen molar-refractivity contribution in [1.82, 2.24) is 14.8 Å². The second-order valence-corrected chi connectivity index (χ2v) is 4.42. The summed E-state index contributed by atoms with van der Waals surface area (Å²) in [5.74, 6) is 0.973. The van der Waals surface area contributed by atoms with Crippen LogP contribution in [0.4, 0.5) is 4.39 Å². The number of nitrogens with zero attached hydrogens (tertiary/aromatic N) is 3. The predicted octanol–water partition coefficient (Wildman–Crippen LogP) is 2.58. The van der Waals surface area contributed by atoms with Gasteiger partial charge in [-0.1, -0.05) is 26.0 Å². The molecule has 1 aromatic heterocycles. The third-order valence-electron chi connectivity index (χ3n) is 3.03. The van der Waals surface area contributed by atoms with Crippen LogP contribution in [-0.4, -0.2) is 19.9 Å². The van der Waals surface area contributed by atoms with Gasteiger partial charge >= 0.3 is 0 Å². The summed E-state index contributed by atoms with van der Waals surface area (Å²) in [5, 5.41) is 14.1. The van der Waals surface area contributed by atoms with Gasteiger partial charge in [0.2, 0.25) is 0 Å². The van der Waals surface area contributed by atoms with E-state index in [0.717, 1.165) is 0 Å². The highest BCUT2D eigenvalue weighted by atomic mass is 19.1. The standard InChI is InChI=1S/C14H18FN3O/c1-4-12-16-13(5-2)18(17-12)14-10(9(3)19)7-6-8-11(14)15/h6-9,19H,4-5H2,1-3H3/t9-/m1/s1. The summed E-state index contributed by atoms with van der Waals surface area (Å²) in [5.41, 5.74) is 0.809. The van der Waals surface area contributed by atoms with Gasteiger partial charge in [-0.05, 0) is 13.0 Å². The third-order valence-corrected chi connectivity index (χ3v) is 3.03. The first-order chi connectivity index (χ1) is 9.08. The van der Waals surface area contributed by atoms with Gasteiger partial charge < -0.3 is 5.11 Å². The lowest BCUT2D eigenvalue weighted by atomic mass is 10.1. The Bertz CT molecular complexity index is 578. The van der Waals surface area contributed by atoms with Crippen LogP contribution in [0.25, 0.3) is 5.69 Å². The number of aliphatic hydroxyl groups excluding tert-OH is 1. The summed E-state index contributed by atoms with van der Waals surface area (Å²) < 4.78 is 15.6. The maximum atomic E-state index is 14.1. The van der Waals surface area contributed by atoms with Crippen LogP contribution in [0.5, 0.6) is 0 Å². The Balaban J connectivity index is 2.67. The van der Waals surface area contributed by atoms with Gasteiger partial charge in [-0.25, -0.2) is 14.1 Å². The summed E-state index contributed by atoms with van der Waals surface area (Å²) in [4.78, 5) is 4.37. The Morgan fingerprint density at radius 3 is 2.63 bits per heavy atom. The maximum Gasteiger partial charge on any atom is 0.151 e. The van der Waals surface area contributed by atoms with Crippen molar-refractivity contribution in [2.75, 3.05) is 0 Å². The largest absolute Gasteiger partial charge is 0.389 e. The number of rotatable bonds is 4. The molecule has 0 fully saturated rings. The smallest absolute Gasteiger partial charge is 0.151 e. The van der Waals surface area contributed by atoms with E-state index in [1.807, 2.05) is 13.8 Å². The second-order valence-electron chi connectivity index (χ2n) is 4.42. The Morgan fingerprint density at radius 2 is 2.05 bits per heavy atom. The monoisotopic (exact) mass is 263 g/mol. The van der Waals surface area contributed by atoms with Crippen LogP contribution < -0.4 is 0 Å². The topological polar surface area (TPSA) is 50.9 Å². The van der Waals surface area contributed by atoms with E-state index in [0.29, 0.717) is 35.7 Å². The fraction of sp³-hybridized carbons (Fsp3) is 0.429. The van der Waals surface area contributed by atoms with E-state index in [4.69, 9.17) is 0 Å². The highest BCUT2D eigenvalue weighted by Gasteiger charge is 2.18. The number of aryl methyl sites for hydroxylation is 2. The molecule has 0 spiro atoms. The molecular formula is C14H18FN3O. The van der Waals surface area contributed by atoms with Crippen LogP contribution in [0.2, 0.25) is 0 Å². The van der Waals surface area contributed by atoms with Crippen molar-refractivity contribution < 1.29 is 9.50 Å². The zero-order chi connectivity index (χ0) is 14.0. The minimum atomic E-state index is -0.760. The van der Waals surface area contributed by atoms with Crippen LogP contribution in [0.15, 0.2) is 18.2 Å². The van der Waals surface area contributed by atoms with Crippen LogP contribution in [0.1, 0.15) is 44.1 Å². The molecule has 0 aliphatic heterocycles. The van der Waals surface area contributed by atoms with Crippen LogP contribution in [0.3, 0.4) is 0 Å².